The van der Waals surface area contributed by atoms with Crippen molar-refractivity contribution in [3.63, 3.8) is 0 Å². The molecule has 33 heavy (non-hydrogen) atoms. The molecule has 0 atom stereocenters. The van der Waals surface area contributed by atoms with Crippen molar-refractivity contribution in [3.8, 4) is 11.5 Å². The Morgan fingerprint density at radius 1 is 1.18 bits per heavy atom. The zero-order valence-corrected chi connectivity index (χ0v) is 18.7. The average Bonchev–Trinajstić information content (AvgIpc) is 3.27. The molecule has 2 aromatic rings. The van der Waals surface area contributed by atoms with Gasteiger partial charge in [0.1, 0.15) is 5.69 Å². The third kappa shape index (κ3) is 5.90. The van der Waals surface area contributed by atoms with Crippen molar-refractivity contribution in [3.05, 3.63) is 47.3 Å². The number of Topliss-reactive ketones (excluding diaryl/α,β-unsaturated/α-hetero) is 1. The minimum absolute atomic E-state index is 0.00725. The smallest absolute Gasteiger partial charge is 0.387 e. The van der Waals surface area contributed by atoms with E-state index in [1.165, 1.54) is 6.07 Å². The molecule has 0 spiro atoms. The molecule has 7 nitrogen and oxygen atoms in total. The molecular weight excluding hydrogens is 432 g/mol. The van der Waals surface area contributed by atoms with Gasteiger partial charge in [-0.25, -0.2) is 0 Å². The van der Waals surface area contributed by atoms with E-state index >= 15 is 0 Å². The van der Waals surface area contributed by atoms with Crippen LogP contribution in [0.15, 0.2) is 30.5 Å². The highest BCUT2D eigenvalue weighted by Crippen LogP contribution is 2.33. The molecule has 2 aliphatic rings. The second kappa shape index (κ2) is 10.3. The highest BCUT2D eigenvalue weighted by Gasteiger charge is 2.31. The van der Waals surface area contributed by atoms with Gasteiger partial charge in [0.05, 0.1) is 13.2 Å². The summed E-state index contributed by atoms with van der Waals surface area (Å²) in [6.07, 6.45) is 5.62. The molecule has 0 radical (unpaired) electrons. The Kier molecular flexibility index (Phi) is 7.27. The van der Waals surface area contributed by atoms with Crippen molar-refractivity contribution in [2.45, 2.75) is 51.8 Å². The Hall–Kier alpha value is -2.94. The van der Waals surface area contributed by atoms with Crippen LogP contribution in [0, 0.1) is 0 Å². The minimum atomic E-state index is -2.93. The van der Waals surface area contributed by atoms with Crippen LogP contribution >= 0.6 is 0 Å². The molecule has 0 unspecified atom stereocenters. The Morgan fingerprint density at radius 3 is 2.61 bits per heavy atom. The Bertz CT molecular complexity index is 984. The van der Waals surface area contributed by atoms with E-state index in [1.54, 1.807) is 36.2 Å². The molecule has 2 heterocycles. The maximum absolute atomic E-state index is 13.0. The van der Waals surface area contributed by atoms with Gasteiger partial charge in [-0.15, -0.1) is 0 Å². The lowest BCUT2D eigenvalue weighted by Crippen LogP contribution is -2.31. The Balaban J connectivity index is 1.43. The van der Waals surface area contributed by atoms with Crippen LogP contribution in [0.5, 0.6) is 11.5 Å². The molecular formula is C24H29F2N3O4. The van der Waals surface area contributed by atoms with E-state index in [9.17, 15) is 18.4 Å². The predicted octanol–water partition coefficient (Wildman–Crippen LogP) is 4.10. The fourth-order valence-corrected chi connectivity index (χ4v) is 4.15. The summed E-state index contributed by atoms with van der Waals surface area (Å²) in [6, 6.07) is 6.80. The lowest BCUT2D eigenvalue weighted by atomic mass is 10.1. The molecule has 178 valence electrons. The number of carbonyl (C=O) groups excluding carboxylic acids is 2. The molecule has 1 aromatic carbocycles. The normalized spacial score (nSPS) is 16.0. The number of aromatic amines is 1. The van der Waals surface area contributed by atoms with Gasteiger partial charge in [-0.3, -0.25) is 14.5 Å². The van der Waals surface area contributed by atoms with Gasteiger partial charge in [0, 0.05) is 37.4 Å². The van der Waals surface area contributed by atoms with E-state index in [4.69, 9.17) is 4.74 Å². The number of halogens is 2. The van der Waals surface area contributed by atoms with Crippen LogP contribution in [0.3, 0.4) is 0 Å². The number of amides is 1. The van der Waals surface area contributed by atoms with E-state index in [2.05, 4.69) is 14.6 Å². The van der Waals surface area contributed by atoms with Gasteiger partial charge >= 0.3 is 6.61 Å². The third-order valence-corrected chi connectivity index (χ3v) is 5.95. The van der Waals surface area contributed by atoms with Gasteiger partial charge in [0.15, 0.2) is 17.3 Å². The SMILES string of the molecule is CCOc1cc(CN(CC(=O)c2c[nH]c(C(=O)N3CCCC3)c2)C2CC2)ccc1OC(F)F. The summed E-state index contributed by atoms with van der Waals surface area (Å²) in [4.78, 5) is 32.3. The standard InChI is InChI=1S/C24H29F2N3O4/c1-2-32-22-11-16(5-8-21(22)33-24(25)26)14-29(18-6-7-18)15-20(30)17-12-19(27-13-17)23(31)28-9-3-4-10-28/h5,8,11-13,18,24,27H,2-4,6-7,9-10,14-15H2,1H3. The quantitative estimate of drug-likeness (QED) is 0.510. The van der Waals surface area contributed by atoms with Crippen LogP contribution in [-0.4, -0.2) is 65.4 Å². The topological polar surface area (TPSA) is 74.9 Å². The summed E-state index contributed by atoms with van der Waals surface area (Å²) in [5.74, 6) is 0.113. The number of alkyl halides is 2. The largest absolute Gasteiger partial charge is 0.490 e. The first kappa shape index (κ1) is 23.2. The molecule has 9 heteroatoms. The van der Waals surface area contributed by atoms with Crippen LogP contribution < -0.4 is 9.47 Å². The molecule has 1 saturated heterocycles. The number of H-pyrrole nitrogens is 1. The van der Waals surface area contributed by atoms with E-state index in [0.717, 1.165) is 44.3 Å². The number of nitrogens with one attached hydrogen (secondary N) is 1. The van der Waals surface area contributed by atoms with Crippen molar-refractivity contribution in [2.24, 2.45) is 0 Å². The van der Waals surface area contributed by atoms with Gasteiger partial charge in [0.2, 0.25) is 0 Å². The lowest BCUT2D eigenvalue weighted by Gasteiger charge is -2.22. The van der Waals surface area contributed by atoms with Crippen LogP contribution in [0.2, 0.25) is 0 Å². The zero-order chi connectivity index (χ0) is 23.4. The van der Waals surface area contributed by atoms with Gasteiger partial charge in [-0.05, 0) is 56.4 Å². The summed E-state index contributed by atoms with van der Waals surface area (Å²) >= 11 is 0. The van der Waals surface area contributed by atoms with Gasteiger partial charge in [-0.1, -0.05) is 6.07 Å². The number of likely N-dealkylation sites (tertiary alicyclic amines) is 1. The first-order valence-corrected chi connectivity index (χ1v) is 11.4. The number of hydrogen-bond donors (Lipinski definition) is 1. The van der Waals surface area contributed by atoms with Crippen molar-refractivity contribution < 1.29 is 27.8 Å². The Labute approximate surface area is 191 Å². The lowest BCUT2D eigenvalue weighted by molar-refractivity contribution is -0.0514. The number of ether oxygens (including phenoxy) is 2. The highest BCUT2D eigenvalue weighted by molar-refractivity contribution is 6.01. The number of hydrogen-bond acceptors (Lipinski definition) is 5. The van der Waals surface area contributed by atoms with E-state index in [0.29, 0.717) is 30.5 Å². The fourth-order valence-electron chi connectivity index (χ4n) is 4.15. The van der Waals surface area contributed by atoms with E-state index in [1.807, 2.05) is 0 Å². The fraction of sp³-hybridized carbons (Fsp3) is 0.500. The van der Waals surface area contributed by atoms with Crippen LogP contribution in [0.25, 0.3) is 0 Å². The summed E-state index contributed by atoms with van der Waals surface area (Å²) in [6.45, 7) is 1.35. The van der Waals surface area contributed by atoms with E-state index < -0.39 is 6.61 Å². The molecule has 1 N–H and O–H groups in total. The first-order chi connectivity index (χ1) is 15.9. The number of benzene rings is 1. The van der Waals surface area contributed by atoms with Crippen molar-refractivity contribution in [1.29, 1.82) is 0 Å². The summed E-state index contributed by atoms with van der Waals surface area (Å²) in [7, 11) is 0. The second-order valence-corrected chi connectivity index (χ2v) is 8.45. The number of rotatable bonds is 11. The number of aromatic nitrogens is 1. The first-order valence-electron chi connectivity index (χ1n) is 11.4. The summed E-state index contributed by atoms with van der Waals surface area (Å²) in [5.41, 5.74) is 1.77. The minimum Gasteiger partial charge on any atom is -0.490 e. The number of carbonyl (C=O) groups is 2. The summed E-state index contributed by atoms with van der Waals surface area (Å²) in [5, 5.41) is 0. The van der Waals surface area contributed by atoms with Crippen LogP contribution in [0.1, 0.15) is 59.0 Å². The average molecular weight is 462 g/mol. The van der Waals surface area contributed by atoms with Gasteiger partial charge in [-0.2, -0.15) is 8.78 Å². The molecule has 4 rings (SSSR count). The maximum atomic E-state index is 13.0. The highest BCUT2D eigenvalue weighted by atomic mass is 19.3. The number of nitrogens with zero attached hydrogens (tertiary/aromatic N) is 2. The predicted molar refractivity (Wildman–Crippen MR) is 118 cm³/mol. The molecule has 2 fully saturated rings. The molecule has 1 amide bonds. The molecule has 1 saturated carbocycles. The van der Waals surface area contributed by atoms with Gasteiger partial charge < -0.3 is 19.4 Å². The molecule has 1 aliphatic carbocycles. The van der Waals surface area contributed by atoms with Crippen molar-refractivity contribution >= 4 is 11.7 Å². The second-order valence-electron chi connectivity index (χ2n) is 8.45. The van der Waals surface area contributed by atoms with Crippen LogP contribution in [-0.2, 0) is 6.54 Å². The Morgan fingerprint density at radius 2 is 1.94 bits per heavy atom. The number of ketones is 1. The van der Waals surface area contributed by atoms with Crippen molar-refractivity contribution in [1.82, 2.24) is 14.8 Å². The molecule has 1 aliphatic heterocycles. The summed E-state index contributed by atoms with van der Waals surface area (Å²) < 4.78 is 35.3. The molecule has 0 bridgehead atoms. The van der Waals surface area contributed by atoms with Gasteiger partial charge in [0.25, 0.3) is 5.91 Å². The zero-order valence-electron chi connectivity index (χ0n) is 18.7. The van der Waals surface area contributed by atoms with Crippen molar-refractivity contribution in [2.75, 3.05) is 26.2 Å². The van der Waals surface area contributed by atoms with Crippen LogP contribution in [0.4, 0.5) is 8.78 Å². The third-order valence-electron chi connectivity index (χ3n) is 5.95. The monoisotopic (exact) mass is 461 g/mol. The maximum Gasteiger partial charge on any atom is 0.387 e. The van der Waals surface area contributed by atoms with E-state index in [-0.39, 0.29) is 29.7 Å². The molecule has 1 aromatic heterocycles.